The standard InChI is InChI=1S/C15H10BrN3OS/c16-11-3-1-10-8-12(4-2-9(10)7-11)20-15-13(14(17)21)5-6-18-19-15/h1-8H,(H2,17,21). The molecule has 0 aliphatic heterocycles. The fourth-order valence-corrected chi connectivity index (χ4v) is 2.49. The number of hydrogen-bond acceptors (Lipinski definition) is 4. The van der Waals surface area contributed by atoms with Gasteiger partial charge in [0.1, 0.15) is 10.7 Å². The van der Waals surface area contributed by atoms with Gasteiger partial charge in [0, 0.05) is 4.47 Å². The van der Waals surface area contributed by atoms with Crippen LogP contribution < -0.4 is 10.5 Å². The zero-order chi connectivity index (χ0) is 14.8. The molecule has 0 atom stereocenters. The second-order valence-corrected chi connectivity index (χ2v) is 5.73. The lowest BCUT2D eigenvalue weighted by molar-refractivity contribution is 0.455. The molecule has 6 heteroatoms. The fraction of sp³-hybridized carbons (Fsp3) is 0. The molecule has 0 unspecified atom stereocenters. The number of ether oxygens (including phenoxy) is 1. The first-order valence-electron chi connectivity index (χ1n) is 6.12. The minimum absolute atomic E-state index is 0.226. The Hall–Kier alpha value is -2.05. The molecule has 0 saturated heterocycles. The average Bonchev–Trinajstić information content (AvgIpc) is 2.48. The second kappa shape index (κ2) is 5.75. The molecule has 2 N–H and O–H groups in total. The normalized spacial score (nSPS) is 10.5. The Morgan fingerprint density at radius 2 is 1.86 bits per heavy atom. The predicted octanol–water partition coefficient (Wildman–Crippen LogP) is 3.82. The molecule has 0 amide bonds. The van der Waals surface area contributed by atoms with Crippen molar-refractivity contribution in [2.75, 3.05) is 0 Å². The van der Waals surface area contributed by atoms with Crippen LogP contribution in [0.25, 0.3) is 10.8 Å². The fourth-order valence-electron chi connectivity index (χ4n) is 1.95. The van der Waals surface area contributed by atoms with Crippen LogP contribution >= 0.6 is 28.1 Å². The Morgan fingerprint density at radius 3 is 2.67 bits per heavy atom. The van der Waals surface area contributed by atoms with Crippen molar-refractivity contribution in [1.82, 2.24) is 10.2 Å². The minimum Gasteiger partial charge on any atom is -0.437 e. The maximum Gasteiger partial charge on any atom is 0.249 e. The molecule has 0 bridgehead atoms. The maximum absolute atomic E-state index is 5.76. The Balaban J connectivity index is 1.99. The van der Waals surface area contributed by atoms with Crippen LogP contribution in [0.15, 0.2) is 53.1 Å². The number of nitrogens with two attached hydrogens (primary N) is 1. The van der Waals surface area contributed by atoms with Gasteiger partial charge in [0.15, 0.2) is 0 Å². The summed E-state index contributed by atoms with van der Waals surface area (Å²) < 4.78 is 6.79. The Kier molecular flexibility index (Phi) is 3.81. The highest BCUT2D eigenvalue weighted by molar-refractivity contribution is 9.10. The highest BCUT2D eigenvalue weighted by Gasteiger charge is 2.09. The average molecular weight is 360 g/mol. The van der Waals surface area contributed by atoms with E-state index in [1.165, 1.54) is 6.20 Å². The van der Waals surface area contributed by atoms with Crippen LogP contribution in [-0.4, -0.2) is 15.2 Å². The molecule has 0 radical (unpaired) electrons. The van der Waals surface area contributed by atoms with E-state index in [4.69, 9.17) is 22.7 Å². The van der Waals surface area contributed by atoms with Crippen molar-refractivity contribution in [3.05, 3.63) is 58.7 Å². The third kappa shape index (κ3) is 3.01. The van der Waals surface area contributed by atoms with Crippen LogP contribution in [0.2, 0.25) is 0 Å². The first-order chi connectivity index (χ1) is 10.1. The van der Waals surface area contributed by atoms with Gasteiger partial charge in [-0.25, -0.2) is 0 Å². The number of rotatable bonds is 3. The van der Waals surface area contributed by atoms with Crippen molar-refractivity contribution in [2.45, 2.75) is 0 Å². The molecule has 3 aromatic rings. The van der Waals surface area contributed by atoms with E-state index in [0.717, 1.165) is 15.2 Å². The first kappa shape index (κ1) is 13.9. The SMILES string of the molecule is NC(=S)c1ccnnc1Oc1ccc2cc(Br)ccc2c1. The highest BCUT2D eigenvalue weighted by atomic mass is 79.9. The summed E-state index contributed by atoms with van der Waals surface area (Å²) >= 11 is 8.43. The monoisotopic (exact) mass is 359 g/mol. The molecule has 1 heterocycles. The molecule has 1 aromatic heterocycles. The largest absolute Gasteiger partial charge is 0.437 e. The van der Waals surface area contributed by atoms with Crippen LogP contribution in [0.1, 0.15) is 5.56 Å². The van der Waals surface area contributed by atoms with Gasteiger partial charge in [0.25, 0.3) is 0 Å². The van der Waals surface area contributed by atoms with Gasteiger partial charge >= 0.3 is 0 Å². The summed E-state index contributed by atoms with van der Waals surface area (Å²) in [4.78, 5) is 0.226. The molecule has 3 rings (SSSR count). The van der Waals surface area contributed by atoms with Gasteiger partial charge in [-0.2, -0.15) is 5.10 Å². The molecule has 0 fully saturated rings. The van der Waals surface area contributed by atoms with E-state index in [9.17, 15) is 0 Å². The predicted molar refractivity (Wildman–Crippen MR) is 89.6 cm³/mol. The van der Waals surface area contributed by atoms with Crippen LogP contribution in [0, 0.1) is 0 Å². The lowest BCUT2D eigenvalue weighted by atomic mass is 10.1. The van der Waals surface area contributed by atoms with E-state index in [1.54, 1.807) is 6.07 Å². The van der Waals surface area contributed by atoms with Gasteiger partial charge in [-0.1, -0.05) is 40.3 Å². The summed E-state index contributed by atoms with van der Waals surface area (Å²) in [6.07, 6.45) is 1.53. The molecule has 2 aromatic carbocycles. The lowest BCUT2D eigenvalue weighted by Crippen LogP contribution is -2.12. The topological polar surface area (TPSA) is 61.0 Å². The summed E-state index contributed by atoms with van der Waals surface area (Å²) in [7, 11) is 0. The van der Waals surface area contributed by atoms with Gasteiger partial charge < -0.3 is 10.5 Å². The molecule has 0 saturated carbocycles. The number of benzene rings is 2. The summed E-state index contributed by atoms with van der Waals surface area (Å²) in [5, 5.41) is 9.93. The number of fused-ring (bicyclic) bond motifs is 1. The Bertz CT molecular complexity index is 838. The maximum atomic E-state index is 5.76. The van der Waals surface area contributed by atoms with Gasteiger partial charge in [-0.05, 0) is 41.1 Å². The van der Waals surface area contributed by atoms with Crippen molar-refractivity contribution in [1.29, 1.82) is 0 Å². The summed E-state index contributed by atoms with van der Waals surface area (Å²) in [5.74, 6) is 0.962. The van der Waals surface area contributed by atoms with Crippen molar-refractivity contribution in [3.63, 3.8) is 0 Å². The van der Waals surface area contributed by atoms with Crippen LogP contribution in [0.3, 0.4) is 0 Å². The van der Waals surface area contributed by atoms with E-state index < -0.39 is 0 Å². The van der Waals surface area contributed by atoms with E-state index in [-0.39, 0.29) is 4.99 Å². The number of aromatic nitrogens is 2. The highest BCUT2D eigenvalue weighted by Crippen LogP contribution is 2.27. The van der Waals surface area contributed by atoms with Crippen LogP contribution in [-0.2, 0) is 0 Å². The molecular weight excluding hydrogens is 350 g/mol. The Morgan fingerprint density at radius 1 is 1.10 bits per heavy atom. The third-order valence-corrected chi connectivity index (χ3v) is 3.65. The third-order valence-electron chi connectivity index (χ3n) is 2.94. The van der Waals surface area contributed by atoms with E-state index in [0.29, 0.717) is 17.2 Å². The van der Waals surface area contributed by atoms with Crippen molar-refractivity contribution < 1.29 is 4.74 Å². The molecule has 0 aliphatic rings. The van der Waals surface area contributed by atoms with Crippen molar-refractivity contribution >= 4 is 43.9 Å². The van der Waals surface area contributed by atoms with E-state index in [1.807, 2.05) is 36.4 Å². The molecule has 104 valence electrons. The summed E-state index contributed by atoms with van der Waals surface area (Å²) in [6.45, 7) is 0. The molecule has 0 aliphatic carbocycles. The molecular formula is C15H10BrN3OS. The summed E-state index contributed by atoms with van der Waals surface area (Å²) in [6, 6.07) is 13.5. The molecule has 0 spiro atoms. The van der Waals surface area contributed by atoms with Gasteiger partial charge in [-0.3, -0.25) is 0 Å². The number of halogens is 1. The van der Waals surface area contributed by atoms with Crippen LogP contribution in [0.5, 0.6) is 11.6 Å². The number of hydrogen-bond donors (Lipinski definition) is 1. The van der Waals surface area contributed by atoms with Crippen molar-refractivity contribution in [2.24, 2.45) is 5.73 Å². The van der Waals surface area contributed by atoms with Gasteiger partial charge in [-0.15, -0.1) is 5.10 Å². The first-order valence-corrected chi connectivity index (χ1v) is 7.32. The quantitative estimate of drug-likeness (QED) is 0.720. The summed E-state index contributed by atoms with van der Waals surface area (Å²) in [5.41, 5.74) is 6.22. The smallest absolute Gasteiger partial charge is 0.249 e. The number of thiocarbonyl (C=S) groups is 1. The Labute approximate surface area is 135 Å². The molecule has 21 heavy (non-hydrogen) atoms. The van der Waals surface area contributed by atoms with E-state index in [2.05, 4.69) is 26.1 Å². The van der Waals surface area contributed by atoms with Crippen molar-refractivity contribution in [3.8, 4) is 11.6 Å². The second-order valence-electron chi connectivity index (χ2n) is 4.37. The zero-order valence-electron chi connectivity index (χ0n) is 10.8. The van der Waals surface area contributed by atoms with Gasteiger partial charge in [0.2, 0.25) is 5.88 Å². The lowest BCUT2D eigenvalue weighted by Gasteiger charge is -2.09. The zero-order valence-corrected chi connectivity index (χ0v) is 13.2. The minimum atomic E-state index is 0.226. The number of nitrogens with zero attached hydrogens (tertiary/aromatic N) is 2. The van der Waals surface area contributed by atoms with E-state index >= 15 is 0 Å². The van der Waals surface area contributed by atoms with Gasteiger partial charge in [0.05, 0.1) is 11.8 Å². The van der Waals surface area contributed by atoms with Crippen LogP contribution in [0.4, 0.5) is 0 Å². The molecule has 4 nitrogen and oxygen atoms in total.